The van der Waals surface area contributed by atoms with E-state index in [0.717, 1.165) is 32.6 Å². The van der Waals surface area contributed by atoms with Crippen molar-refractivity contribution in [2.75, 3.05) is 40.3 Å². The first-order chi connectivity index (χ1) is 7.52. The first-order valence-electron chi connectivity index (χ1n) is 6.19. The van der Waals surface area contributed by atoms with Gasteiger partial charge in [0.1, 0.15) is 0 Å². The van der Waals surface area contributed by atoms with Gasteiger partial charge in [0.25, 0.3) is 0 Å². The second-order valence-electron chi connectivity index (χ2n) is 4.29. The van der Waals surface area contributed by atoms with Crippen LogP contribution in [0.5, 0.6) is 0 Å². The average molecular weight is 229 g/mol. The fourth-order valence-corrected chi connectivity index (χ4v) is 1.64. The summed E-state index contributed by atoms with van der Waals surface area (Å²) < 4.78 is 0. The summed E-state index contributed by atoms with van der Waals surface area (Å²) in [5.74, 6) is 0.142. The second-order valence-corrected chi connectivity index (χ2v) is 4.29. The molecule has 0 saturated carbocycles. The van der Waals surface area contributed by atoms with Gasteiger partial charge < -0.3 is 15.1 Å². The van der Waals surface area contributed by atoms with Gasteiger partial charge in [-0.2, -0.15) is 0 Å². The molecule has 1 atom stereocenters. The highest BCUT2D eigenvalue weighted by Gasteiger charge is 2.13. The third-order valence-electron chi connectivity index (χ3n) is 2.81. The molecule has 0 rings (SSSR count). The van der Waals surface area contributed by atoms with Crippen LogP contribution in [0.15, 0.2) is 0 Å². The molecule has 0 saturated heterocycles. The van der Waals surface area contributed by atoms with Crippen LogP contribution in [0, 0.1) is 0 Å². The first-order valence-corrected chi connectivity index (χ1v) is 6.19. The molecule has 0 spiro atoms. The monoisotopic (exact) mass is 229 g/mol. The Morgan fingerprint density at radius 2 is 1.81 bits per heavy atom. The zero-order chi connectivity index (χ0) is 12.6. The summed E-state index contributed by atoms with van der Waals surface area (Å²) in [6.07, 6.45) is 1.09. The fraction of sp³-hybridized carbons (Fsp3) is 0.917. The van der Waals surface area contributed by atoms with Crippen molar-refractivity contribution >= 4 is 5.91 Å². The molecule has 0 aliphatic carbocycles. The number of nitrogens with one attached hydrogen (secondary N) is 1. The van der Waals surface area contributed by atoms with Gasteiger partial charge in [0.05, 0.1) is 6.04 Å². The minimum absolute atomic E-state index is 0.0771. The largest absolute Gasteiger partial charge is 0.347 e. The van der Waals surface area contributed by atoms with Crippen LogP contribution >= 0.6 is 0 Å². The van der Waals surface area contributed by atoms with Crippen molar-refractivity contribution in [3.8, 4) is 0 Å². The maximum atomic E-state index is 11.5. The van der Waals surface area contributed by atoms with Crippen LogP contribution in [-0.2, 0) is 4.79 Å². The van der Waals surface area contributed by atoms with E-state index in [1.807, 2.05) is 6.92 Å². The van der Waals surface area contributed by atoms with Crippen LogP contribution < -0.4 is 5.32 Å². The molecule has 0 heterocycles. The Balaban J connectivity index is 3.62. The summed E-state index contributed by atoms with van der Waals surface area (Å²) in [7, 11) is 3.58. The Kier molecular flexibility index (Phi) is 8.21. The van der Waals surface area contributed by atoms with Gasteiger partial charge in [0, 0.05) is 14.1 Å². The molecule has 96 valence electrons. The van der Waals surface area contributed by atoms with Crippen molar-refractivity contribution < 1.29 is 4.79 Å². The highest BCUT2D eigenvalue weighted by atomic mass is 16.2. The van der Waals surface area contributed by atoms with Crippen molar-refractivity contribution in [2.45, 2.75) is 33.2 Å². The Hall–Kier alpha value is -0.610. The van der Waals surface area contributed by atoms with Crippen molar-refractivity contribution in [1.82, 2.24) is 15.1 Å². The summed E-state index contributed by atoms with van der Waals surface area (Å²) in [6.45, 7) is 10.5. The quantitative estimate of drug-likeness (QED) is 0.625. The SMILES string of the molecule is CCN(CC)CCCNC(C)C(=O)N(C)C. The molecular weight excluding hydrogens is 202 g/mol. The van der Waals surface area contributed by atoms with E-state index in [-0.39, 0.29) is 11.9 Å². The van der Waals surface area contributed by atoms with E-state index in [4.69, 9.17) is 0 Å². The van der Waals surface area contributed by atoms with Crippen LogP contribution in [0.25, 0.3) is 0 Å². The van der Waals surface area contributed by atoms with Crippen LogP contribution in [-0.4, -0.2) is 62.0 Å². The van der Waals surface area contributed by atoms with Gasteiger partial charge in [-0.05, 0) is 39.5 Å². The molecule has 0 aromatic heterocycles. The number of carbonyl (C=O) groups excluding carboxylic acids is 1. The third kappa shape index (κ3) is 6.08. The van der Waals surface area contributed by atoms with E-state index >= 15 is 0 Å². The number of amides is 1. The summed E-state index contributed by atoms with van der Waals surface area (Å²) in [5.41, 5.74) is 0. The smallest absolute Gasteiger partial charge is 0.238 e. The van der Waals surface area contributed by atoms with Crippen LogP contribution in [0.3, 0.4) is 0 Å². The summed E-state index contributed by atoms with van der Waals surface area (Å²) >= 11 is 0. The lowest BCUT2D eigenvalue weighted by molar-refractivity contribution is -0.130. The number of hydrogen-bond acceptors (Lipinski definition) is 3. The molecule has 0 aliphatic heterocycles. The van der Waals surface area contributed by atoms with Crippen molar-refractivity contribution in [3.05, 3.63) is 0 Å². The van der Waals surface area contributed by atoms with Crippen LogP contribution in [0.2, 0.25) is 0 Å². The second kappa shape index (κ2) is 8.53. The Bertz CT molecular complexity index is 191. The molecule has 0 radical (unpaired) electrons. The van der Waals surface area contributed by atoms with E-state index in [0.29, 0.717) is 0 Å². The van der Waals surface area contributed by atoms with Gasteiger partial charge in [0.15, 0.2) is 0 Å². The molecule has 1 amide bonds. The van der Waals surface area contributed by atoms with E-state index < -0.39 is 0 Å². The predicted octanol–water partition coefficient (Wildman–Crippen LogP) is 0.785. The molecule has 4 heteroatoms. The normalized spacial score (nSPS) is 12.9. The molecule has 4 nitrogen and oxygen atoms in total. The maximum absolute atomic E-state index is 11.5. The number of carbonyl (C=O) groups is 1. The maximum Gasteiger partial charge on any atom is 0.238 e. The Labute approximate surface area is 100.0 Å². The van der Waals surface area contributed by atoms with Gasteiger partial charge >= 0.3 is 0 Å². The lowest BCUT2D eigenvalue weighted by atomic mass is 10.3. The number of rotatable bonds is 8. The molecule has 1 N–H and O–H groups in total. The van der Waals surface area contributed by atoms with Gasteiger partial charge in [-0.15, -0.1) is 0 Å². The van der Waals surface area contributed by atoms with E-state index in [1.165, 1.54) is 0 Å². The first kappa shape index (κ1) is 15.4. The van der Waals surface area contributed by atoms with Crippen LogP contribution in [0.4, 0.5) is 0 Å². The molecule has 0 fully saturated rings. The molecule has 0 aliphatic rings. The average Bonchev–Trinajstić information content (AvgIpc) is 2.27. The van der Waals surface area contributed by atoms with Crippen molar-refractivity contribution in [2.24, 2.45) is 0 Å². The summed E-state index contributed by atoms with van der Waals surface area (Å²) in [5, 5.41) is 3.25. The standard InChI is InChI=1S/C12H27N3O/c1-6-15(7-2)10-8-9-13-11(3)12(16)14(4)5/h11,13H,6-10H2,1-5H3. The topological polar surface area (TPSA) is 35.6 Å². The number of hydrogen-bond donors (Lipinski definition) is 1. The van der Waals surface area contributed by atoms with Gasteiger partial charge in [-0.1, -0.05) is 13.8 Å². The lowest BCUT2D eigenvalue weighted by Gasteiger charge is -2.20. The zero-order valence-corrected chi connectivity index (χ0v) is 11.4. The summed E-state index contributed by atoms with van der Waals surface area (Å²) in [4.78, 5) is 15.6. The molecule has 1 unspecified atom stereocenters. The molecule has 16 heavy (non-hydrogen) atoms. The van der Waals surface area contributed by atoms with E-state index in [1.54, 1.807) is 19.0 Å². The van der Waals surface area contributed by atoms with E-state index in [2.05, 4.69) is 24.1 Å². The number of likely N-dealkylation sites (N-methyl/N-ethyl adjacent to an activating group) is 1. The van der Waals surface area contributed by atoms with Crippen molar-refractivity contribution in [1.29, 1.82) is 0 Å². The summed E-state index contributed by atoms with van der Waals surface area (Å²) in [6, 6.07) is -0.0771. The third-order valence-corrected chi connectivity index (χ3v) is 2.81. The highest BCUT2D eigenvalue weighted by Crippen LogP contribution is 1.92. The Morgan fingerprint density at radius 1 is 1.25 bits per heavy atom. The van der Waals surface area contributed by atoms with Crippen molar-refractivity contribution in [3.63, 3.8) is 0 Å². The van der Waals surface area contributed by atoms with Gasteiger partial charge in [-0.25, -0.2) is 0 Å². The molecular formula is C12H27N3O. The van der Waals surface area contributed by atoms with Gasteiger partial charge in [0.2, 0.25) is 5.91 Å². The highest BCUT2D eigenvalue weighted by molar-refractivity contribution is 5.80. The lowest BCUT2D eigenvalue weighted by Crippen LogP contribution is -2.42. The van der Waals surface area contributed by atoms with E-state index in [9.17, 15) is 4.79 Å². The van der Waals surface area contributed by atoms with Crippen LogP contribution in [0.1, 0.15) is 27.2 Å². The molecule has 0 aromatic carbocycles. The fourth-order valence-electron chi connectivity index (χ4n) is 1.64. The zero-order valence-electron chi connectivity index (χ0n) is 11.4. The Morgan fingerprint density at radius 3 is 2.25 bits per heavy atom. The number of nitrogens with zero attached hydrogens (tertiary/aromatic N) is 2. The minimum Gasteiger partial charge on any atom is -0.347 e. The molecule has 0 aromatic rings. The minimum atomic E-state index is -0.0771. The molecule has 0 bridgehead atoms. The predicted molar refractivity (Wildman–Crippen MR) is 68.6 cm³/mol. The van der Waals surface area contributed by atoms with Gasteiger partial charge in [-0.3, -0.25) is 4.79 Å².